The van der Waals surface area contributed by atoms with Crippen LogP contribution in [0.5, 0.6) is 0 Å². The van der Waals surface area contributed by atoms with E-state index in [1.807, 2.05) is 6.92 Å². The summed E-state index contributed by atoms with van der Waals surface area (Å²) < 4.78 is 37.9. The average Bonchev–Trinajstić information content (AvgIpc) is 2.37. The first-order valence-electron chi connectivity index (χ1n) is 6.21. The molecule has 1 N–H and O–H groups in total. The van der Waals surface area contributed by atoms with Crippen LogP contribution in [0.25, 0.3) is 0 Å². The lowest BCUT2D eigenvalue weighted by Crippen LogP contribution is -2.44. The molecule has 1 fully saturated rings. The molecule has 0 aromatic heterocycles. The van der Waals surface area contributed by atoms with Gasteiger partial charge in [0.25, 0.3) is 0 Å². The Balaban J connectivity index is 0.00000200. The van der Waals surface area contributed by atoms with Crippen molar-refractivity contribution in [3.63, 3.8) is 0 Å². The fourth-order valence-corrected chi connectivity index (χ4v) is 2.60. The Hall–Kier alpha value is -0.490. The molecule has 1 aromatic rings. The van der Waals surface area contributed by atoms with Crippen molar-refractivity contribution in [2.75, 3.05) is 26.2 Å². The van der Waals surface area contributed by atoms with Crippen LogP contribution >= 0.6 is 24.0 Å². The SMILES string of the molecule is C[C@@H](c1ccc(C(F)(F)F)c(Cl)c1)N1CCNCC1.Cl. The molecule has 0 aliphatic carbocycles. The van der Waals surface area contributed by atoms with Crippen molar-refractivity contribution in [1.29, 1.82) is 0 Å². The fourth-order valence-electron chi connectivity index (χ4n) is 2.30. The van der Waals surface area contributed by atoms with Gasteiger partial charge in [-0.3, -0.25) is 4.90 Å². The van der Waals surface area contributed by atoms with Crippen LogP contribution in [-0.2, 0) is 6.18 Å². The van der Waals surface area contributed by atoms with Gasteiger partial charge in [0.05, 0.1) is 10.6 Å². The molecule has 2 nitrogen and oxygen atoms in total. The summed E-state index contributed by atoms with van der Waals surface area (Å²) in [5.74, 6) is 0. The maximum Gasteiger partial charge on any atom is 0.417 e. The van der Waals surface area contributed by atoms with Crippen LogP contribution in [0.4, 0.5) is 13.2 Å². The molecule has 1 heterocycles. The molecular weight excluding hydrogens is 312 g/mol. The zero-order chi connectivity index (χ0) is 14.0. The Bertz CT molecular complexity index is 446. The molecule has 0 saturated carbocycles. The topological polar surface area (TPSA) is 15.3 Å². The van der Waals surface area contributed by atoms with Crippen molar-refractivity contribution in [2.45, 2.75) is 19.1 Å². The number of nitrogens with one attached hydrogen (secondary N) is 1. The minimum absolute atomic E-state index is 0. The van der Waals surface area contributed by atoms with E-state index in [1.54, 1.807) is 0 Å². The van der Waals surface area contributed by atoms with Crippen molar-refractivity contribution in [3.8, 4) is 0 Å². The number of nitrogens with zero attached hydrogens (tertiary/aromatic N) is 1. The van der Waals surface area contributed by atoms with Crippen LogP contribution in [0.2, 0.25) is 5.02 Å². The van der Waals surface area contributed by atoms with E-state index in [0.717, 1.165) is 37.8 Å². The number of alkyl halides is 3. The molecule has 1 aliphatic heterocycles. The van der Waals surface area contributed by atoms with Crippen molar-refractivity contribution in [3.05, 3.63) is 34.3 Å². The van der Waals surface area contributed by atoms with Crippen LogP contribution < -0.4 is 5.32 Å². The van der Waals surface area contributed by atoms with E-state index in [-0.39, 0.29) is 23.5 Å². The van der Waals surface area contributed by atoms with E-state index < -0.39 is 11.7 Å². The fraction of sp³-hybridized carbons (Fsp3) is 0.538. The van der Waals surface area contributed by atoms with Gasteiger partial charge in [-0.1, -0.05) is 17.7 Å². The first-order valence-corrected chi connectivity index (χ1v) is 6.59. The van der Waals surface area contributed by atoms with Gasteiger partial charge in [-0.15, -0.1) is 12.4 Å². The molecule has 0 spiro atoms. The van der Waals surface area contributed by atoms with Gasteiger partial charge < -0.3 is 5.32 Å². The van der Waals surface area contributed by atoms with E-state index in [4.69, 9.17) is 11.6 Å². The third-order valence-electron chi connectivity index (χ3n) is 3.48. The summed E-state index contributed by atoms with van der Waals surface area (Å²) in [5, 5.41) is 3.02. The highest BCUT2D eigenvalue weighted by molar-refractivity contribution is 6.31. The molecule has 0 amide bonds. The zero-order valence-electron chi connectivity index (χ0n) is 11.0. The molecule has 114 valence electrons. The van der Waals surface area contributed by atoms with Gasteiger partial charge in [0.1, 0.15) is 0 Å². The lowest BCUT2D eigenvalue weighted by molar-refractivity contribution is -0.137. The van der Waals surface area contributed by atoms with Crippen LogP contribution in [0.1, 0.15) is 24.1 Å². The predicted octanol–water partition coefficient (Wildman–Crippen LogP) is 3.75. The van der Waals surface area contributed by atoms with Gasteiger partial charge in [-0.2, -0.15) is 13.2 Å². The highest BCUT2D eigenvalue weighted by Gasteiger charge is 2.33. The van der Waals surface area contributed by atoms with E-state index in [1.165, 1.54) is 12.1 Å². The van der Waals surface area contributed by atoms with Gasteiger partial charge in [-0.25, -0.2) is 0 Å². The summed E-state index contributed by atoms with van der Waals surface area (Å²) in [6.07, 6.45) is -4.39. The van der Waals surface area contributed by atoms with Crippen molar-refractivity contribution >= 4 is 24.0 Å². The first kappa shape index (κ1) is 17.6. The Morgan fingerprint density at radius 1 is 1.25 bits per heavy atom. The van der Waals surface area contributed by atoms with E-state index in [0.29, 0.717) is 0 Å². The highest BCUT2D eigenvalue weighted by Crippen LogP contribution is 2.36. The summed E-state index contributed by atoms with van der Waals surface area (Å²) in [6, 6.07) is 4.08. The van der Waals surface area contributed by atoms with Crippen molar-refractivity contribution in [2.24, 2.45) is 0 Å². The highest BCUT2D eigenvalue weighted by atomic mass is 35.5. The van der Waals surface area contributed by atoms with E-state index in [2.05, 4.69) is 10.2 Å². The Labute approximate surface area is 127 Å². The number of halogens is 5. The van der Waals surface area contributed by atoms with E-state index in [9.17, 15) is 13.2 Å². The normalized spacial score (nSPS) is 18.4. The molecule has 0 radical (unpaired) electrons. The van der Waals surface area contributed by atoms with Crippen LogP contribution in [0, 0.1) is 0 Å². The van der Waals surface area contributed by atoms with E-state index >= 15 is 0 Å². The second kappa shape index (κ2) is 6.98. The first-order chi connectivity index (χ1) is 8.89. The molecule has 1 saturated heterocycles. The lowest BCUT2D eigenvalue weighted by atomic mass is 10.0. The lowest BCUT2D eigenvalue weighted by Gasteiger charge is -2.33. The third kappa shape index (κ3) is 4.01. The number of hydrogen-bond acceptors (Lipinski definition) is 2. The summed E-state index contributed by atoms with van der Waals surface area (Å²) >= 11 is 5.75. The monoisotopic (exact) mass is 328 g/mol. The van der Waals surface area contributed by atoms with Gasteiger partial charge in [0.2, 0.25) is 0 Å². The summed E-state index contributed by atoms with van der Waals surface area (Å²) in [4.78, 5) is 2.23. The minimum Gasteiger partial charge on any atom is -0.314 e. The number of piperazine rings is 1. The summed E-state index contributed by atoms with van der Waals surface area (Å²) in [6.45, 7) is 5.57. The maximum atomic E-state index is 12.6. The number of benzene rings is 1. The molecule has 7 heteroatoms. The van der Waals surface area contributed by atoms with Gasteiger partial charge in [-0.05, 0) is 24.6 Å². The standard InChI is InChI=1S/C13H16ClF3N2.ClH/c1-9(19-6-4-18-5-7-19)10-2-3-11(12(14)8-10)13(15,16)17;/h2-3,8-9,18H,4-7H2,1H3;1H/t9-;/m0./s1. The van der Waals surface area contributed by atoms with Crippen LogP contribution in [0.3, 0.4) is 0 Å². The molecule has 1 aromatic carbocycles. The van der Waals surface area contributed by atoms with Gasteiger partial charge in [0.15, 0.2) is 0 Å². The molecule has 0 bridgehead atoms. The van der Waals surface area contributed by atoms with Crippen LogP contribution in [0.15, 0.2) is 18.2 Å². The molecule has 1 aliphatic rings. The average molecular weight is 329 g/mol. The third-order valence-corrected chi connectivity index (χ3v) is 3.79. The molecule has 2 rings (SSSR count). The molecule has 0 unspecified atom stereocenters. The van der Waals surface area contributed by atoms with Gasteiger partial charge >= 0.3 is 6.18 Å². The Morgan fingerprint density at radius 3 is 2.35 bits per heavy atom. The largest absolute Gasteiger partial charge is 0.417 e. The minimum atomic E-state index is -4.39. The van der Waals surface area contributed by atoms with Crippen LogP contribution in [-0.4, -0.2) is 31.1 Å². The van der Waals surface area contributed by atoms with Crippen molar-refractivity contribution in [1.82, 2.24) is 10.2 Å². The maximum absolute atomic E-state index is 12.6. The Morgan fingerprint density at radius 2 is 1.85 bits per heavy atom. The molecular formula is C13H17Cl2F3N2. The summed E-state index contributed by atoms with van der Waals surface area (Å²) in [7, 11) is 0. The zero-order valence-corrected chi connectivity index (χ0v) is 12.6. The van der Waals surface area contributed by atoms with Crippen molar-refractivity contribution < 1.29 is 13.2 Å². The predicted molar refractivity (Wildman–Crippen MR) is 76.6 cm³/mol. The number of rotatable bonds is 2. The van der Waals surface area contributed by atoms with Gasteiger partial charge in [0, 0.05) is 32.2 Å². The molecule has 1 atom stereocenters. The molecule has 20 heavy (non-hydrogen) atoms. The Kier molecular flexibility index (Phi) is 6.13. The quantitative estimate of drug-likeness (QED) is 0.889. The smallest absolute Gasteiger partial charge is 0.314 e. The second-order valence-electron chi connectivity index (χ2n) is 4.70. The second-order valence-corrected chi connectivity index (χ2v) is 5.11. The summed E-state index contributed by atoms with van der Waals surface area (Å²) in [5.41, 5.74) is 0.0466. The number of hydrogen-bond donors (Lipinski definition) is 1.